The molecule has 0 heterocycles. The van der Waals surface area contributed by atoms with Crippen molar-refractivity contribution < 1.29 is 4.74 Å². The third kappa shape index (κ3) is 3.37. The quantitative estimate of drug-likeness (QED) is 0.633. The molecular formula is C10H19NO. The summed E-state index contributed by atoms with van der Waals surface area (Å²) in [7, 11) is 1.75. The van der Waals surface area contributed by atoms with Gasteiger partial charge in [0, 0.05) is 25.8 Å². The van der Waals surface area contributed by atoms with Gasteiger partial charge in [-0.2, -0.15) is 0 Å². The van der Waals surface area contributed by atoms with Gasteiger partial charge in [-0.15, -0.1) is 0 Å². The van der Waals surface area contributed by atoms with Gasteiger partial charge in [-0.3, -0.25) is 0 Å². The van der Waals surface area contributed by atoms with Crippen LogP contribution in [0.25, 0.3) is 0 Å². The Kier molecular flexibility index (Phi) is 4.33. The third-order valence-electron chi connectivity index (χ3n) is 2.28. The highest BCUT2D eigenvalue weighted by atomic mass is 16.5. The van der Waals surface area contributed by atoms with Gasteiger partial charge >= 0.3 is 0 Å². The molecule has 0 amide bonds. The standard InChI is InChI=1S/C10H19NO/c1-9(7-8-12-2)11-10-5-3-4-6-10/h3-4,9-11H,5-8H2,1-2H3. The summed E-state index contributed by atoms with van der Waals surface area (Å²) in [6, 6.07) is 1.26. The van der Waals surface area contributed by atoms with Crippen LogP contribution < -0.4 is 5.32 Å². The van der Waals surface area contributed by atoms with Gasteiger partial charge in [0.25, 0.3) is 0 Å². The fraction of sp³-hybridized carbons (Fsp3) is 0.800. The van der Waals surface area contributed by atoms with Crippen molar-refractivity contribution in [3.05, 3.63) is 12.2 Å². The van der Waals surface area contributed by atoms with Crippen LogP contribution in [0.1, 0.15) is 26.2 Å². The lowest BCUT2D eigenvalue weighted by Crippen LogP contribution is -2.35. The fourth-order valence-electron chi connectivity index (χ4n) is 1.53. The molecule has 12 heavy (non-hydrogen) atoms. The van der Waals surface area contributed by atoms with Crippen LogP contribution in [0.3, 0.4) is 0 Å². The SMILES string of the molecule is COCCC(C)NC1CC=CC1. The monoisotopic (exact) mass is 169 g/mol. The summed E-state index contributed by atoms with van der Waals surface area (Å²) >= 11 is 0. The average molecular weight is 169 g/mol. The molecule has 1 aliphatic carbocycles. The molecule has 0 spiro atoms. The summed E-state index contributed by atoms with van der Waals surface area (Å²) in [5, 5.41) is 3.57. The maximum absolute atomic E-state index is 5.02. The van der Waals surface area contributed by atoms with Gasteiger partial charge in [-0.25, -0.2) is 0 Å². The lowest BCUT2D eigenvalue weighted by atomic mass is 10.2. The van der Waals surface area contributed by atoms with Gasteiger partial charge in [-0.1, -0.05) is 12.2 Å². The average Bonchev–Trinajstić information content (AvgIpc) is 2.53. The van der Waals surface area contributed by atoms with Crippen molar-refractivity contribution in [2.45, 2.75) is 38.3 Å². The predicted molar refractivity (Wildman–Crippen MR) is 51.3 cm³/mol. The highest BCUT2D eigenvalue weighted by Gasteiger charge is 2.12. The molecular weight excluding hydrogens is 150 g/mol. The van der Waals surface area contributed by atoms with Crippen molar-refractivity contribution in [2.75, 3.05) is 13.7 Å². The fourth-order valence-corrected chi connectivity index (χ4v) is 1.53. The Hall–Kier alpha value is -0.340. The van der Waals surface area contributed by atoms with Crippen molar-refractivity contribution in [1.82, 2.24) is 5.32 Å². The Morgan fingerprint density at radius 2 is 2.17 bits per heavy atom. The smallest absolute Gasteiger partial charge is 0.0476 e. The summed E-state index contributed by atoms with van der Waals surface area (Å²) in [6.07, 6.45) is 7.99. The number of hydrogen-bond acceptors (Lipinski definition) is 2. The molecule has 1 atom stereocenters. The number of hydrogen-bond donors (Lipinski definition) is 1. The van der Waals surface area contributed by atoms with E-state index in [0.717, 1.165) is 13.0 Å². The lowest BCUT2D eigenvalue weighted by Gasteiger charge is -2.18. The van der Waals surface area contributed by atoms with Crippen LogP contribution in [0, 0.1) is 0 Å². The van der Waals surface area contributed by atoms with Crippen LogP contribution in [0.5, 0.6) is 0 Å². The van der Waals surface area contributed by atoms with Gasteiger partial charge in [0.2, 0.25) is 0 Å². The van der Waals surface area contributed by atoms with Crippen molar-refractivity contribution >= 4 is 0 Å². The highest BCUT2D eigenvalue weighted by Crippen LogP contribution is 2.10. The zero-order valence-corrected chi connectivity index (χ0v) is 8.05. The molecule has 0 radical (unpaired) electrons. The lowest BCUT2D eigenvalue weighted by molar-refractivity contribution is 0.183. The van der Waals surface area contributed by atoms with Gasteiger partial charge in [0.05, 0.1) is 0 Å². The molecule has 0 aromatic heterocycles. The zero-order chi connectivity index (χ0) is 8.81. The molecule has 0 fully saturated rings. The first kappa shape index (κ1) is 9.75. The molecule has 1 N–H and O–H groups in total. The molecule has 1 unspecified atom stereocenters. The maximum Gasteiger partial charge on any atom is 0.0476 e. The van der Waals surface area contributed by atoms with E-state index < -0.39 is 0 Å². The van der Waals surface area contributed by atoms with E-state index in [4.69, 9.17) is 4.74 Å². The Labute approximate surface area is 75.0 Å². The second-order valence-corrected chi connectivity index (χ2v) is 3.49. The normalized spacial score (nSPS) is 20.2. The molecule has 70 valence electrons. The van der Waals surface area contributed by atoms with Gasteiger partial charge in [-0.05, 0) is 26.2 Å². The second kappa shape index (κ2) is 5.33. The molecule has 1 aliphatic rings. The molecule has 0 aromatic carbocycles. The van der Waals surface area contributed by atoms with Gasteiger partial charge < -0.3 is 10.1 Å². The van der Waals surface area contributed by atoms with E-state index in [1.54, 1.807) is 7.11 Å². The van der Waals surface area contributed by atoms with E-state index in [2.05, 4.69) is 24.4 Å². The van der Waals surface area contributed by atoms with Gasteiger partial charge in [0.15, 0.2) is 0 Å². The summed E-state index contributed by atoms with van der Waals surface area (Å²) < 4.78 is 5.02. The molecule has 0 aromatic rings. The van der Waals surface area contributed by atoms with Crippen LogP contribution in [-0.2, 0) is 4.74 Å². The Balaban J connectivity index is 2.04. The zero-order valence-electron chi connectivity index (χ0n) is 8.05. The number of ether oxygens (including phenoxy) is 1. The van der Waals surface area contributed by atoms with Crippen molar-refractivity contribution in [2.24, 2.45) is 0 Å². The summed E-state index contributed by atoms with van der Waals surface area (Å²) in [6.45, 7) is 3.08. The number of nitrogens with one attached hydrogen (secondary N) is 1. The van der Waals surface area contributed by atoms with E-state index in [-0.39, 0.29) is 0 Å². The highest BCUT2D eigenvalue weighted by molar-refractivity contribution is 4.98. The van der Waals surface area contributed by atoms with Crippen molar-refractivity contribution in [3.63, 3.8) is 0 Å². The number of rotatable bonds is 5. The summed E-state index contributed by atoms with van der Waals surface area (Å²) in [4.78, 5) is 0. The molecule has 2 heteroatoms. The van der Waals surface area contributed by atoms with Crippen molar-refractivity contribution in [1.29, 1.82) is 0 Å². The first-order valence-corrected chi connectivity index (χ1v) is 4.73. The second-order valence-electron chi connectivity index (χ2n) is 3.49. The Bertz CT molecular complexity index is 137. The topological polar surface area (TPSA) is 21.3 Å². The van der Waals surface area contributed by atoms with E-state index in [1.165, 1.54) is 12.8 Å². The van der Waals surface area contributed by atoms with E-state index in [1.807, 2.05) is 0 Å². The minimum absolute atomic E-state index is 0.579. The van der Waals surface area contributed by atoms with Crippen LogP contribution in [0.4, 0.5) is 0 Å². The molecule has 1 rings (SSSR count). The van der Waals surface area contributed by atoms with E-state index in [9.17, 15) is 0 Å². The third-order valence-corrected chi connectivity index (χ3v) is 2.28. The predicted octanol–water partition coefficient (Wildman–Crippen LogP) is 1.72. The molecule has 0 aliphatic heterocycles. The Morgan fingerprint density at radius 1 is 1.50 bits per heavy atom. The first-order chi connectivity index (χ1) is 5.83. The van der Waals surface area contributed by atoms with Crippen molar-refractivity contribution in [3.8, 4) is 0 Å². The molecule has 2 nitrogen and oxygen atoms in total. The minimum Gasteiger partial charge on any atom is -0.385 e. The summed E-state index contributed by atoms with van der Waals surface area (Å²) in [5.74, 6) is 0. The molecule has 0 bridgehead atoms. The largest absolute Gasteiger partial charge is 0.385 e. The van der Waals surface area contributed by atoms with Crippen LogP contribution in [0.15, 0.2) is 12.2 Å². The Morgan fingerprint density at radius 3 is 2.75 bits per heavy atom. The first-order valence-electron chi connectivity index (χ1n) is 4.73. The van der Waals surface area contributed by atoms with Crippen LogP contribution in [-0.4, -0.2) is 25.8 Å². The maximum atomic E-state index is 5.02. The molecule has 0 saturated heterocycles. The number of methoxy groups -OCH3 is 1. The van der Waals surface area contributed by atoms with E-state index >= 15 is 0 Å². The van der Waals surface area contributed by atoms with E-state index in [0.29, 0.717) is 12.1 Å². The van der Waals surface area contributed by atoms with Gasteiger partial charge in [0.1, 0.15) is 0 Å². The minimum atomic E-state index is 0.579. The van der Waals surface area contributed by atoms with Crippen LogP contribution >= 0.6 is 0 Å². The summed E-state index contributed by atoms with van der Waals surface area (Å²) in [5.41, 5.74) is 0. The molecule has 0 saturated carbocycles. The van der Waals surface area contributed by atoms with Crippen LogP contribution in [0.2, 0.25) is 0 Å².